The molecule has 0 radical (unpaired) electrons. The topological polar surface area (TPSA) is 54.1 Å². The third kappa shape index (κ3) is 6.27. The van der Waals surface area contributed by atoms with Crippen LogP contribution in [0.1, 0.15) is 49.3 Å². The minimum absolute atomic E-state index is 0. The van der Waals surface area contributed by atoms with E-state index in [9.17, 15) is 0 Å². The summed E-state index contributed by atoms with van der Waals surface area (Å²) in [4.78, 5) is 4.61. The van der Waals surface area contributed by atoms with Gasteiger partial charge in [0.2, 0.25) is 0 Å². The molecule has 0 bridgehead atoms. The Morgan fingerprint density at radius 3 is 2.48 bits per heavy atom. The molecule has 8 heteroatoms. The Morgan fingerprint density at radius 1 is 0.917 bits per heavy atom. The van der Waals surface area contributed by atoms with Crippen molar-refractivity contribution >= 4 is 21.8 Å². The molecular weight excluding hydrogens is 783 g/mol. The number of ether oxygens (including phenoxy) is 2. The number of methoxy groups -OCH3 is 1. The minimum atomic E-state index is -0.455. The first-order chi connectivity index (χ1) is 22.8. The first-order valence-corrected chi connectivity index (χ1v) is 15.9. The van der Waals surface area contributed by atoms with E-state index in [1.807, 2.05) is 59.4 Å². The summed E-state index contributed by atoms with van der Waals surface area (Å²) in [6, 6.07) is 29.5. The fourth-order valence-electron chi connectivity index (χ4n) is 6.53. The van der Waals surface area contributed by atoms with E-state index >= 15 is 4.39 Å². The SMILES string of the molecule is CCCC(C)c1cc(C)c(-c2cnn(-c3[c-]c(Oc4[c-]c5c(cc4)c4ccccc4n5-c4cc(OC)ccn4)cc(F)c3)c2)c(C)c1.[Pt+2]. The summed E-state index contributed by atoms with van der Waals surface area (Å²) in [6.45, 7) is 8.78. The maximum Gasteiger partial charge on any atom is 2.00 e. The smallest absolute Gasteiger partial charge is 0.509 e. The van der Waals surface area contributed by atoms with Gasteiger partial charge in [-0.3, -0.25) is 4.68 Å². The number of pyridine rings is 1. The predicted octanol–water partition coefficient (Wildman–Crippen LogP) is 10.1. The summed E-state index contributed by atoms with van der Waals surface area (Å²) in [5, 5.41) is 6.63. The number of hydrogen-bond donors (Lipinski definition) is 0. The van der Waals surface area contributed by atoms with Gasteiger partial charge in [-0.25, -0.2) is 9.37 Å². The second kappa shape index (κ2) is 13.8. The Kier molecular flexibility index (Phi) is 9.52. The van der Waals surface area contributed by atoms with Gasteiger partial charge in [0, 0.05) is 46.9 Å². The first-order valence-electron chi connectivity index (χ1n) is 15.9. The molecule has 7 rings (SSSR count). The average Bonchev–Trinajstić information content (AvgIpc) is 3.67. The van der Waals surface area contributed by atoms with Crippen LogP contribution in [0.25, 0.3) is 44.4 Å². The van der Waals surface area contributed by atoms with Crippen molar-refractivity contribution in [1.29, 1.82) is 0 Å². The molecule has 48 heavy (non-hydrogen) atoms. The van der Waals surface area contributed by atoms with Crippen LogP contribution in [0.3, 0.4) is 0 Å². The van der Waals surface area contributed by atoms with E-state index < -0.39 is 5.82 Å². The Hall–Kier alpha value is -4.74. The molecule has 244 valence electrons. The third-order valence-corrected chi connectivity index (χ3v) is 8.72. The largest absolute Gasteiger partial charge is 2.00 e. The molecule has 0 fully saturated rings. The summed E-state index contributed by atoms with van der Waals surface area (Å²) in [5.41, 5.74) is 8.04. The quantitative estimate of drug-likeness (QED) is 0.136. The molecule has 1 unspecified atom stereocenters. The summed E-state index contributed by atoms with van der Waals surface area (Å²) in [5.74, 6) is 2.07. The van der Waals surface area contributed by atoms with Gasteiger partial charge in [-0.05, 0) is 71.6 Å². The Balaban J connectivity index is 0.00000401. The van der Waals surface area contributed by atoms with Crippen LogP contribution in [0.2, 0.25) is 0 Å². The maximum absolute atomic E-state index is 15.0. The second-order valence-corrected chi connectivity index (χ2v) is 12.0. The molecule has 4 aromatic carbocycles. The van der Waals surface area contributed by atoms with Crippen LogP contribution >= 0.6 is 0 Å². The zero-order valence-corrected chi connectivity index (χ0v) is 29.7. The van der Waals surface area contributed by atoms with Crippen molar-refractivity contribution in [2.24, 2.45) is 0 Å². The second-order valence-electron chi connectivity index (χ2n) is 12.0. The number of rotatable bonds is 9. The molecule has 0 saturated heterocycles. The van der Waals surface area contributed by atoms with Gasteiger partial charge in [-0.1, -0.05) is 62.2 Å². The van der Waals surface area contributed by atoms with E-state index in [1.165, 1.54) is 28.8 Å². The van der Waals surface area contributed by atoms with Crippen LogP contribution in [0.15, 0.2) is 91.4 Å². The van der Waals surface area contributed by atoms with Crippen molar-refractivity contribution in [3.8, 4) is 39.9 Å². The van der Waals surface area contributed by atoms with Crippen molar-refractivity contribution in [2.45, 2.75) is 46.5 Å². The fraction of sp³-hybridized carbons (Fsp3) is 0.200. The number of hydrogen-bond acceptors (Lipinski definition) is 4. The van der Waals surface area contributed by atoms with E-state index in [0.29, 0.717) is 28.9 Å². The molecule has 6 nitrogen and oxygen atoms in total. The predicted molar refractivity (Wildman–Crippen MR) is 185 cm³/mol. The van der Waals surface area contributed by atoms with E-state index in [1.54, 1.807) is 18.0 Å². The Labute approximate surface area is 294 Å². The Morgan fingerprint density at radius 2 is 1.71 bits per heavy atom. The number of nitrogens with zero attached hydrogens (tertiary/aromatic N) is 4. The van der Waals surface area contributed by atoms with Crippen LogP contribution in [-0.4, -0.2) is 26.4 Å². The van der Waals surface area contributed by atoms with Crippen molar-refractivity contribution in [3.63, 3.8) is 0 Å². The van der Waals surface area contributed by atoms with Gasteiger partial charge in [-0.2, -0.15) is 11.2 Å². The first kappa shape index (κ1) is 33.2. The maximum atomic E-state index is 15.0. The zero-order valence-electron chi connectivity index (χ0n) is 27.5. The molecule has 0 N–H and O–H groups in total. The van der Waals surface area contributed by atoms with Crippen LogP contribution in [0, 0.1) is 31.8 Å². The van der Waals surface area contributed by atoms with Gasteiger partial charge in [0.25, 0.3) is 0 Å². The molecule has 0 aliphatic heterocycles. The van der Waals surface area contributed by atoms with Gasteiger partial charge < -0.3 is 14.0 Å². The van der Waals surface area contributed by atoms with Gasteiger partial charge >= 0.3 is 21.1 Å². The molecular formula is C40H35FN4O2Pt. The van der Waals surface area contributed by atoms with E-state index in [-0.39, 0.29) is 26.8 Å². The van der Waals surface area contributed by atoms with Crippen LogP contribution < -0.4 is 9.47 Å². The summed E-state index contributed by atoms with van der Waals surface area (Å²) >= 11 is 0. The number of para-hydroxylation sites is 1. The van der Waals surface area contributed by atoms with Crippen molar-refractivity contribution in [3.05, 3.63) is 126 Å². The number of benzene rings is 4. The Bertz CT molecular complexity index is 2230. The number of aryl methyl sites for hydroxylation is 2. The molecule has 7 aromatic rings. The number of aromatic nitrogens is 4. The van der Waals surface area contributed by atoms with Gasteiger partial charge in [-0.15, -0.1) is 29.7 Å². The van der Waals surface area contributed by atoms with Gasteiger partial charge in [0.1, 0.15) is 11.6 Å². The van der Waals surface area contributed by atoms with Crippen molar-refractivity contribution in [2.75, 3.05) is 7.11 Å². The van der Waals surface area contributed by atoms with Crippen LogP contribution in [-0.2, 0) is 21.1 Å². The van der Waals surface area contributed by atoms with E-state index in [4.69, 9.17) is 9.47 Å². The molecule has 0 saturated carbocycles. The molecule has 3 aromatic heterocycles. The average molecular weight is 818 g/mol. The number of fused-ring (bicyclic) bond motifs is 3. The zero-order chi connectivity index (χ0) is 32.7. The molecule has 1 atom stereocenters. The number of halogens is 1. The molecule has 3 heterocycles. The summed E-state index contributed by atoms with van der Waals surface area (Å²) in [6.07, 6.45) is 7.76. The molecule has 0 amide bonds. The van der Waals surface area contributed by atoms with E-state index in [0.717, 1.165) is 45.8 Å². The third-order valence-electron chi connectivity index (χ3n) is 8.72. The molecule has 0 aliphatic carbocycles. The summed E-state index contributed by atoms with van der Waals surface area (Å²) < 4.78 is 30.3. The van der Waals surface area contributed by atoms with E-state index in [2.05, 4.69) is 68.1 Å². The van der Waals surface area contributed by atoms with Crippen LogP contribution in [0.4, 0.5) is 4.39 Å². The normalized spacial score (nSPS) is 11.9. The fourth-order valence-corrected chi connectivity index (χ4v) is 6.53. The monoisotopic (exact) mass is 817 g/mol. The van der Waals surface area contributed by atoms with Crippen molar-refractivity contribution < 1.29 is 34.9 Å². The molecule has 0 aliphatic rings. The van der Waals surface area contributed by atoms with Crippen molar-refractivity contribution in [1.82, 2.24) is 19.3 Å². The van der Waals surface area contributed by atoms with Crippen LogP contribution in [0.5, 0.6) is 17.2 Å². The van der Waals surface area contributed by atoms with Gasteiger partial charge in [0.05, 0.1) is 13.3 Å². The standard InChI is InChI=1S/C40H35FN4O2.Pt/c1-6-9-25(2)28-16-26(3)40(27(4)17-28)29-23-43-44(24-29)31-18-30(41)19-34(20-31)47-33-12-13-36-35-10-7-8-11-37(35)45(38(36)21-33)39-22-32(46-5)14-15-42-39;/h7-8,10-19,22-25H,6,9H2,1-5H3;/q-2;+2. The molecule has 0 spiro atoms. The minimum Gasteiger partial charge on any atom is -0.509 e. The van der Waals surface area contributed by atoms with Gasteiger partial charge in [0.15, 0.2) is 0 Å². The summed E-state index contributed by atoms with van der Waals surface area (Å²) in [7, 11) is 1.63.